The first-order valence-electron chi connectivity index (χ1n) is 17.2. The zero-order chi connectivity index (χ0) is 36.5. The van der Waals surface area contributed by atoms with Crippen LogP contribution in [-0.4, -0.2) is 91.8 Å². The number of aromatic nitrogens is 4. The van der Waals surface area contributed by atoms with E-state index in [2.05, 4.69) is 19.9 Å². The van der Waals surface area contributed by atoms with Crippen LogP contribution in [0.1, 0.15) is 79.2 Å². The molecule has 3 fully saturated rings. The Morgan fingerprint density at radius 1 is 1.10 bits per heavy atom. The number of hydrogen-bond donors (Lipinski definition) is 0. The molecule has 7 rings (SSSR count). The molecule has 2 saturated heterocycles. The molecule has 51 heavy (non-hydrogen) atoms. The summed E-state index contributed by atoms with van der Waals surface area (Å²) in [6, 6.07) is 3.02. The number of rotatable bonds is 6. The second-order valence-electron chi connectivity index (χ2n) is 15.7. The van der Waals surface area contributed by atoms with Crippen LogP contribution in [0, 0.1) is 5.82 Å². The van der Waals surface area contributed by atoms with Crippen molar-refractivity contribution in [2.45, 2.75) is 115 Å². The first kappa shape index (κ1) is 35.3. The molecule has 274 valence electrons. The molecule has 3 aromatic rings. The van der Waals surface area contributed by atoms with Gasteiger partial charge in [-0.15, -0.1) is 0 Å². The van der Waals surface area contributed by atoms with Gasteiger partial charge in [-0.05, 0) is 79.8 Å². The summed E-state index contributed by atoms with van der Waals surface area (Å²) in [6.07, 6.45) is 1.59. The summed E-state index contributed by atoms with van der Waals surface area (Å²) in [6.45, 7) is 11.4. The molecule has 16 heteroatoms. The molecule has 4 atom stereocenters. The number of alkyl halides is 1. The van der Waals surface area contributed by atoms with E-state index in [1.807, 2.05) is 4.90 Å². The fraction of sp³-hybridized carbons (Fsp3) is 0.600. The van der Waals surface area contributed by atoms with Crippen molar-refractivity contribution in [3.8, 4) is 11.9 Å². The Kier molecular flexibility index (Phi) is 8.88. The molecular formula is C35H42ClF2N7O6. The van der Waals surface area contributed by atoms with Gasteiger partial charge in [-0.1, -0.05) is 17.7 Å². The van der Waals surface area contributed by atoms with Gasteiger partial charge in [0, 0.05) is 31.3 Å². The minimum Gasteiger partial charge on any atom is -0.472 e. The number of anilines is 2. The number of ether oxygens (including phenoxy) is 4. The average Bonchev–Trinajstić information content (AvgIpc) is 3.52. The first-order valence-corrected chi connectivity index (χ1v) is 17.6. The smallest absolute Gasteiger partial charge is 0.425 e. The maximum absolute atomic E-state index is 15.8. The van der Waals surface area contributed by atoms with Gasteiger partial charge < -0.3 is 23.8 Å². The van der Waals surface area contributed by atoms with Crippen molar-refractivity contribution in [2.24, 2.45) is 0 Å². The molecule has 0 bridgehead atoms. The van der Waals surface area contributed by atoms with Crippen molar-refractivity contribution in [1.29, 1.82) is 0 Å². The zero-order valence-electron chi connectivity index (χ0n) is 29.5. The standard InChI is InChI=1S/C35H42ClF2N7O6/c1-33(2,3)50-31(46)45(32(47)51-34(4,5)6)27-19(9-7-13-39-27)16-44-21-10-11-22(21)49-29-23-25(24(38)26(36)41-29)40-30(42-28(23)44)48-18-35-12-8-14-43(35)17-20(37)15-35/h7,9,13,20-22H,8,10-12,14-18H2,1-6H3/t20-,21+,22-,35+/m1/s1. The fourth-order valence-corrected chi connectivity index (χ4v) is 7.49. The number of nitrogens with zero attached hydrogens (tertiary/aromatic N) is 7. The summed E-state index contributed by atoms with van der Waals surface area (Å²) in [5.74, 6) is -0.518. The lowest BCUT2D eigenvalue weighted by Crippen LogP contribution is -2.52. The van der Waals surface area contributed by atoms with Crippen LogP contribution in [0.15, 0.2) is 18.3 Å². The third kappa shape index (κ3) is 6.82. The summed E-state index contributed by atoms with van der Waals surface area (Å²) in [5, 5.41) is -0.209. The quantitative estimate of drug-likeness (QED) is 0.248. The fourth-order valence-electron chi connectivity index (χ4n) is 7.32. The van der Waals surface area contributed by atoms with Crippen molar-refractivity contribution in [3.05, 3.63) is 34.9 Å². The summed E-state index contributed by atoms with van der Waals surface area (Å²) in [4.78, 5) is 50.0. The largest absolute Gasteiger partial charge is 0.472 e. The monoisotopic (exact) mass is 729 g/mol. The van der Waals surface area contributed by atoms with Crippen LogP contribution in [-0.2, 0) is 16.0 Å². The van der Waals surface area contributed by atoms with Crippen molar-refractivity contribution in [2.75, 3.05) is 29.5 Å². The van der Waals surface area contributed by atoms with Gasteiger partial charge in [0.1, 0.15) is 46.8 Å². The lowest BCUT2D eigenvalue weighted by molar-refractivity contribution is 0.0428. The van der Waals surface area contributed by atoms with Gasteiger partial charge >= 0.3 is 18.2 Å². The number of hydrogen-bond acceptors (Lipinski definition) is 12. The normalized spacial score (nSPS) is 24.3. The molecule has 3 aliphatic heterocycles. The van der Waals surface area contributed by atoms with Crippen LogP contribution in [0.3, 0.4) is 0 Å². The van der Waals surface area contributed by atoms with Crippen LogP contribution in [0.5, 0.6) is 11.9 Å². The molecule has 2 amide bonds. The van der Waals surface area contributed by atoms with Crippen LogP contribution < -0.4 is 19.3 Å². The Balaban J connectivity index is 1.31. The van der Waals surface area contributed by atoms with Gasteiger partial charge in [0.25, 0.3) is 0 Å². The molecule has 0 spiro atoms. The molecule has 0 N–H and O–H groups in total. The number of carbonyl (C=O) groups excluding carboxylic acids is 2. The van der Waals surface area contributed by atoms with Gasteiger partial charge in [-0.2, -0.15) is 19.9 Å². The van der Waals surface area contributed by atoms with E-state index in [4.69, 9.17) is 35.5 Å². The van der Waals surface area contributed by atoms with E-state index in [-0.39, 0.29) is 59.7 Å². The van der Waals surface area contributed by atoms with Crippen LogP contribution >= 0.6 is 11.6 Å². The number of amides is 2. The molecule has 0 radical (unpaired) electrons. The molecule has 1 saturated carbocycles. The average molecular weight is 730 g/mol. The number of imide groups is 1. The highest BCUT2D eigenvalue weighted by Gasteiger charge is 2.50. The van der Waals surface area contributed by atoms with Gasteiger partial charge in [-0.3, -0.25) is 4.90 Å². The highest BCUT2D eigenvalue weighted by Crippen LogP contribution is 2.46. The number of halogens is 3. The Morgan fingerprint density at radius 2 is 1.82 bits per heavy atom. The Hall–Kier alpha value is -4.11. The van der Waals surface area contributed by atoms with E-state index in [0.717, 1.165) is 24.3 Å². The zero-order valence-corrected chi connectivity index (χ0v) is 30.3. The van der Waals surface area contributed by atoms with E-state index >= 15 is 4.39 Å². The Morgan fingerprint density at radius 3 is 2.49 bits per heavy atom. The Labute approximate surface area is 299 Å². The maximum atomic E-state index is 15.8. The predicted octanol–water partition coefficient (Wildman–Crippen LogP) is 6.77. The maximum Gasteiger partial charge on any atom is 0.425 e. The molecule has 4 aliphatic rings. The van der Waals surface area contributed by atoms with E-state index in [0.29, 0.717) is 31.4 Å². The van der Waals surface area contributed by atoms with Gasteiger partial charge in [0.15, 0.2) is 16.8 Å². The second kappa shape index (κ2) is 12.8. The minimum atomic E-state index is -0.966. The van der Waals surface area contributed by atoms with Crippen molar-refractivity contribution in [3.63, 3.8) is 0 Å². The van der Waals surface area contributed by atoms with Gasteiger partial charge in [0.2, 0.25) is 5.88 Å². The van der Waals surface area contributed by atoms with Gasteiger partial charge in [-0.25, -0.2) is 23.4 Å². The number of fused-ring (bicyclic) bond motifs is 2. The lowest BCUT2D eigenvalue weighted by Gasteiger charge is -2.42. The van der Waals surface area contributed by atoms with E-state index in [9.17, 15) is 14.0 Å². The van der Waals surface area contributed by atoms with Crippen molar-refractivity contribution < 1.29 is 37.3 Å². The molecule has 13 nitrogen and oxygen atoms in total. The summed E-state index contributed by atoms with van der Waals surface area (Å²) >= 11 is 6.27. The van der Waals surface area contributed by atoms with E-state index in [1.165, 1.54) is 6.20 Å². The molecular weight excluding hydrogens is 688 g/mol. The molecule has 3 aromatic heterocycles. The number of carbonyl (C=O) groups is 2. The predicted molar refractivity (Wildman–Crippen MR) is 184 cm³/mol. The molecule has 1 aliphatic carbocycles. The van der Waals surface area contributed by atoms with E-state index in [1.54, 1.807) is 53.7 Å². The third-order valence-corrected chi connectivity index (χ3v) is 9.84. The lowest BCUT2D eigenvalue weighted by atomic mass is 9.87. The third-order valence-electron chi connectivity index (χ3n) is 9.59. The minimum absolute atomic E-state index is 0.00752. The van der Waals surface area contributed by atoms with Crippen LogP contribution in [0.25, 0.3) is 10.9 Å². The summed E-state index contributed by atoms with van der Waals surface area (Å²) in [7, 11) is 0. The summed E-state index contributed by atoms with van der Waals surface area (Å²) < 4.78 is 54.1. The van der Waals surface area contributed by atoms with Crippen LogP contribution in [0.4, 0.5) is 30.0 Å². The molecule has 0 aromatic carbocycles. The highest BCUT2D eigenvalue weighted by molar-refractivity contribution is 6.30. The molecule has 6 heterocycles. The number of pyridine rings is 2. The van der Waals surface area contributed by atoms with Crippen molar-refractivity contribution >= 4 is 46.3 Å². The topological polar surface area (TPSA) is 132 Å². The second-order valence-corrected chi connectivity index (χ2v) is 16.0. The molecule has 0 unspecified atom stereocenters. The SMILES string of the molecule is CC(C)(C)OC(=O)N(C(=O)OC(C)(C)C)c1ncccc1CN1c2nc(OC[C@@]34CCCN3C[C@H](F)C4)nc3c(F)c(Cl)nc(c23)O[C@@H]2CC[C@@H]21. The van der Waals surface area contributed by atoms with Crippen LogP contribution in [0.2, 0.25) is 5.15 Å². The van der Waals surface area contributed by atoms with E-state index < -0.39 is 46.1 Å². The Bertz CT molecular complexity index is 1840. The van der Waals surface area contributed by atoms with Gasteiger partial charge in [0.05, 0.1) is 11.6 Å². The summed E-state index contributed by atoms with van der Waals surface area (Å²) in [5.41, 5.74) is -2.05. The highest BCUT2D eigenvalue weighted by atomic mass is 35.5. The first-order chi connectivity index (χ1) is 24.0. The van der Waals surface area contributed by atoms with Crippen molar-refractivity contribution in [1.82, 2.24) is 24.8 Å².